The Morgan fingerprint density at radius 3 is 2.67 bits per heavy atom. The van der Waals surface area contributed by atoms with Gasteiger partial charge >= 0.3 is 0 Å². The monoisotopic (exact) mass is 310 g/mol. The number of benzene rings is 1. The highest BCUT2D eigenvalue weighted by Gasteiger charge is 2.30. The third-order valence-electron chi connectivity index (χ3n) is 4.30. The SMILES string of the molecule is CSC1(CNCc2ccc(C(N)=O)cc2F)CCCCC1. The van der Waals surface area contributed by atoms with Crippen LogP contribution in [0.4, 0.5) is 4.39 Å². The standard InChI is InChI=1S/C16H23FN2OS/c1-21-16(7-3-2-4-8-16)11-19-10-13-6-5-12(15(18)20)9-14(13)17/h5-6,9,19H,2-4,7-8,10-11H2,1H3,(H2,18,20). The lowest BCUT2D eigenvalue weighted by atomic mass is 9.88. The number of nitrogens with two attached hydrogens (primary N) is 1. The number of hydrogen-bond acceptors (Lipinski definition) is 3. The summed E-state index contributed by atoms with van der Waals surface area (Å²) < 4.78 is 14.2. The topological polar surface area (TPSA) is 55.1 Å². The normalized spacial score (nSPS) is 17.6. The van der Waals surface area contributed by atoms with Crippen molar-refractivity contribution in [1.82, 2.24) is 5.32 Å². The lowest BCUT2D eigenvalue weighted by Crippen LogP contribution is -2.39. The fourth-order valence-electron chi connectivity index (χ4n) is 2.92. The fraction of sp³-hybridized carbons (Fsp3) is 0.562. The Morgan fingerprint density at radius 1 is 1.38 bits per heavy atom. The predicted molar refractivity (Wildman–Crippen MR) is 86.0 cm³/mol. The van der Waals surface area contributed by atoms with Gasteiger partial charge in [0.2, 0.25) is 5.91 Å². The van der Waals surface area contributed by atoms with E-state index in [9.17, 15) is 9.18 Å². The van der Waals surface area contributed by atoms with Crippen LogP contribution in [0.3, 0.4) is 0 Å². The molecule has 2 rings (SSSR count). The number of carbonyl (C=O) groups excluding carboxylic acids is 1. The summed E-state index contributed by atoms with van der Waals surface area (Å²) >= 11 is 1.92. The maximum absolute atomic E-state index is 13.9. The lowest BCUT2D eigenvalue weighted by Gasteiger charge is -2.36. The second-order valence-corrected chi connectivity index (χ2v) is 7.00. The first-order chi connectivity index (χ1) is 10.1. The number of hydrogen-bond donors (Lipinski definition) is 2. The molecule has 1 saturated carbocycles. The molecule has 3 N–H and O–H groups in total. The van der Waals surface area contributed by atoms with Crippen LogP contribution in [0.2, 0.25) is 0 Å². The van der Waals surface area contributed by atoms with E-state index in [0.29, 0.717) is 16.9 Å². The highest BCUT2D eigenvalue weighted by atomic mass is 32.2. The van der Waals surface area contributed by atoms with Crippen molar-refractivity contribution in [2.75, 3.05) is 12.8 Å². The minimum absolute atomic E-state index is 0.212. The lowest BCUT2D eigenvalue weighted by molar-refractivity contribution is 0.1000. The van der Waals surface area contributed by atoms with E-state index < -0.39 is 5.91 Å². The van der Waals surface area contributed by atoms with Crippen LogP contribution >= 0.6 is 11.8 Å². The van der Waals surface area contributed by atoms with Gasteiger partial charge in [0.1, 0.15) is 5.82 Å². The Balaban J connectivity index is 1.92. The van der Waals surface area contributed by atoms with E-state index >= 15 is 0 Å². The van der Waals surface area contributed by atoms with Gasteiger partial charge in [-0.15, -0.1) is 0 Å². The van der Waals surface area contributed by atoms with Gasteiger partial charge in [-0.2, -0.15) is 11.8 Å². The van der Waals surface area contributed by atoms with Crippen LogP contribution < -0.4 is 11.1 Å². The zero-order chi connectivity index (χ0) is 15.3. The second-order valence-electron chi connectivity index (χ2n) is 5.72. The van der Waals surface area contributed by atoms with Crippen LogP contribution in [0.15, 0.2) is 18.2 Å². The molecule has 1 aliphatic rings. The van der Waals surface area contributed by atoms with Crippen molar-refractivity contribution in [2.24, 2.45) is 5.73 Å². The van der Waals surface area contributed by atoms with Crippen molar-refractivity contribution in [1.29, 1.82) is 0 Å². The largest absolute Gasteiger partial charge is 0.366 e. The quantitative estimate of drug-likeness (QED) is 0.849. The maximum atomic E-state index is 13.9. The van der Waals surface area contributed by atoms with Crippen LogP contribution in [0, 0.1) is 5.82 Å². The van der Waals surface area contributed by atoms with Crippen LogP contribution in [0.25, 0.3) is 0 Å². The Labute approximate surface area is 129 Å². The molecule has 1 amide bonds. The van der Waals surface area contributed by atoms with Crippen LogP contribution in [-0.4, -0.2) is 23.5 Å². The zero-order valence-corrected chi connectivity index (χ0v) is 13.3. The minimum atomic E-state index is -0.600. The fourth-order valence-corrected chi connectivity index (χ4v) is 3.86. The smallest absolute Gasteiger partial charge is 0.248 e. The molecule has 116 valence electrons. The Hall–Kier alpha value is -1.07. The molecule has 1 aromatic carbocycles. The van der Waals surface area contributed by atoms with Crippen LogP contribution in [-0.2, 0) is 6.54 Å². The molecule has 0 spiro atoms. The molecule has 0 radical (unpaired) electrons. The van der Waals surface area contributed by atoms with E-state index in [-0.39, 0.29) is 11.4 Å². The maximum Gasteiger partial charge on any atom is 0.248 e. The predicted octanol–water partition coefficient (Wildman–Crippen LogP) is 3.08. The van der Waals surface area contributed by atoms with Gasteiger partial charge in [-0.25, -0.2) is 4.39 Å². The van der Waals surface area contributed by atoms with Gasteiger partial charge in [0, 0.05) is 29.0 Å². The number of nitrogens with one attached hydrogen (secondary N) is 1. The molecule has 0 atom stereocenters. The molecule has 0 unspecified atom stereocenters. The molecule has 0 bridgehead atoms. The number of carbonyl (C=O) groups is 1. The molecule has 0 aromatic heterocycles. The molecule has 1 aromatic rings. The third-order valence-corrected chi connectivity index (χ3v) is 5.72. The van der Waals surface area contributed by atoms with Gasteiger partial charge in [0.15, 0.2) is 0 Å². The Morgan fingerprint density at radius 2 is 2.10 bits per heavy atom. The average molecular weight is 310 g/mol. The number of amides is 1. The Kier molecular flexibility index (Phi) is 5.65. The summed E-state index contributed by atoms with van der Waals surface area (Å²) in [5, 5.41) is 3.38. The summed E-state index contributed by atoms with van der Waals surface area (Å²) in [4.78, 5) is 11.0. The zero-order valence-electron chi connectivity index (χ0n) is 12.5. The first kappa shape index (κ1) is 16.3. The molecular weight excluding hydrogens is 287 g/mol. The molecule has 21 heavy (non-hydrogen) atoms. The van der Waals surface area contributed by atoms with E-state index in [1.807, 2.05) is 11.8 Å². The van der Waals surface area contributed by atoms with Crippen molar-refractivity contribution in [3.63, 3.8) is 0 Å². The van der Waals surface area contributed by atoms with Crippen LogP contribution in [0.5, 0.6) is 0 Å². The Bertz CT molecular complexity index is 501. The highest BCUT2D eigenvalue weighted by molar-refractivity contribution is 8.00. The van der Waals surface area contributed by atoms with Gasteiger partial charge in [-0.05, 0) is 31.2 Å². The van der Waals surface area contributed by atoms with Gasteiger partial charge in [0.05, 0.1) is 0 Å². The summed E-state index contributed by atoms with van der Waals surface area (Å²) in [5.74, 6) is -0.974. The van der Waals surface area contributed by atoms with Gasteiger partial charge < -0.3 is 11.1 Å². The molecule has 0 saturated heterocycles. The number of halogens is 1. The molecule has 1 fully saturated rings. The highest BCUT2D eigenvalue weighted by Crippen LogP contribution is 2.38. The van der Waals surface area contributed by atoms with Gasteiger partial charge in [-0.3, -0.25) is 4.79 Å². The summed E-state index contributed by atoms with van der Waals surface area (Å²) in [6, 6.07) is 4.42. The minimum Gasteiger partial charge on any atom is -0.366 e. The van der Waals surface area contributed by atoms with Crippen molar-refractivity contribution in [3.05, 3.63) is 35.1 Å². The van der Waals surface area contributed by atoms with Crippen molar-refractivity contribution >= 4 is 17.7 Å². The summed E-state index contributed by atoms with van der Waals surface area (Å²) in [6.45, 7) is 1.37. The van der Waals surface area contributed by atoms with Gasteiger partial charge in [0.25, 0.3) is 0 Å². The van der Waals surface area contributed by atoms with E-state index in [4.69, 9.17) is 5.73 Å². The number of rotatable bonds is 6. The summed E-state index contributed by atoms with van der Waals surface area (Å²) in [7, 11) is 0. The first-order valence-corrected chi connectivity index (χ1v) is 8.63. The average Bonchev–Trinajstić information content (AvgIpc) is 2.49. The summed E-state index contributed by atoms with van der Waals surface area (Å²) in [5.41, 5.74) is 5.93. The molecule has 1 aliphatic carbocycles. The van der Waals surface area contributed by atoms with Crippen molar-refractivity contribution in [3.8, 4) is 0 Å². The molecular formula is C16H23FN2OS. The van der Waals surface area contributed by atoms with Crippen LogP contribution in [0.1, 0.15) is 48.0 Å². The van der Waals surface area contributed by atoms with E-state index in [1.165, 1.54) is 38.2 Å². The number of thioether (sulfide) groups is 1. The van der Waals surface area contributed by atoms with Gasteiger partial charge in [-0.1, -0.05) is 25.3 Å². The summed E-state index contributed by atoms with van der Waals surface area (Å²) in [6.07, 6.45) is 8.50. The molecule has 5 heteroatoms. The van der Waals surface area contributed by atoms with Crippen molar-refractivity contribution in [2.45, 2.75) is 43.4 Å². The third kappa shape index (κ3) is 4.20. The second kappa shape index (κ2) is 7.27. The van der Waals surface area contributed by atoms with E-state index in [1.54, 1.807) is 12.1 Å². The van der Waals surface area contributed by atoms with E-state index in [0.717, 1.165) is 6.54 Å². The first-order valence-electron chi connectivity index (χ1n) is 7.40. The number of primary amides is 1. The molecule has 3 nitrogen and oxygen atoms in total. The molecule has 0 aliphatic heterocycles. The van der Waals surface area contributed by atoms with Crippen molar-refractivity contribution < 1.29 is 9.18 Å². The molecule has 0 heterocycles. The van der Waals surface area contributed by atoms with E-state index in [2.05, 4.69) is 11.6 Å².